The first kappa shape index (κ1) is 23.9. The van der Waals surface area contributed by atoms with Crippen molar-refractivity contribution in [3.8, 4) is 17.2 Å². The van der Waals surface area contributed by atoms with Crippen LogP contribution in [0.15, 0.2) is 54.6 Å². The molecule has 0 amide bonds. The SMILES string of the molecule is O=[N+]([O-])c1ccc(O)c(CNCc2cc([N+](=O)[O-])ccc2OCc2cc([N+](=O)[O-])ccc2O)c1. The zero-order valence-corrected chi connectivity index (χ0v) is 17.4. The van der Waals surface area contributed by atoms with E-state index in [9.17, 15) is 40.6 Å². The van der Waals surface area contributed by atoms with E-state index in [4.69, 9.17) is 4.74 Å². The average molecular weight is 470 g/mol. The van der Waals surface area contributed by atoms with Gasteiger partial charge in [0.1, 0.15) is 23.9 Å². The summed E-state index contributed by atoms with van der Waals surface area (Å²) in [6.07, 6.45) is 0. The summed E-state index contributed by atoms with van der Waals surface area (Å²) in [5.41, 5.74) is 0.102. The lowest BCUT2D eigenvalue weighted by atomic mass is 10.1. The number of phenols is 2. The maximum Gasteiger partial charge on any atom is 0.270 e. The Hall–Kier alpha value is -4.78. The van der Waals surface area contributed by atoms with Gasteiger partial charge in [-0.25, -0.2) is 0 Å². The number of benzene rings is 3. The fraction of sp³-hybridized carbons (Fsp3) is 0.143. The van der Waals surface area contributed by atoms with Crippen molar-refractivity contribution in [3.05, 3.63) is 102 Å². The van der Waals surface area contributed by atoms with Crippen LogP contribution in [0.3, 0.4) is 0 Å². The number of nitrogens with one attached hydrogen (secondary N) is 1. The number of aromatic hydroxyl groups is 2. The maximum absolute atomic E-state index is 11.2. The third-order valence-electron chi connectivity index (χ3n) is 4.82. The lowest BCUT2D eigenvalue weighted by Crippen LogP contribution is -2.14. The molecule has 176 valence electrons. The molecule has 0 aliphatic carbocycles. The fourth-order valence-corrected chi connectivity index (χ4v) is 3.07. The Kier molecular flexibility index (Phi) is 7.18. The highest BCUT2D eigenvalue weighted by Crippen LogP contribution is 2.29. The van der Waals surface area contributed by atoms with Gasteiger partial charge in [0.05, 0.1) is 14.8 Å². The number of rotatable bonds is 10. The van der Waals surface area contributed by atoms with Gasteiger partial charge in [0, 0.05) is 66.2 Å². The van der Waals surface area contributed by atoms with E-state index in [1.54, 1.807) is 0 Å². The zero-order chi connectivity index (χ0) is 24.8. The van der Waals surface area contributed by atoms with E-state index in [0.29, 0.717) is 5.56 Å². The van der Waals surface area contributed by atoms with Gasteiger partial charge in [0.15, 0.2) is 0 Å². The summed E-state index contributed by atoms with van der Waals surface area (Å²) in [5.74, 6) is -0.157. The predicted molar refractivity (Wildman–Crippen MR) is 117 cm³/mol. The van der Waals surface area contributed by atoms with Crippen LogP contribution in [0.1, 0.15) is 16.7 Å². The summed E-state index contributed by atoms with van der Waals surface area (Å²) < 4.78 is 5.67. The molecule has 0 aromatic heterocycles. The highest BCUT2D eigenvalue weighted by atomic mass is 16.6. The molecule has 0 unspecified atom stereocenters. The van der Waals surface area contributed by atoms with E-state index < -0.39 is 14.8 Å². The molecule has 3 aromatic carbocycles. The van der Waals surface area contributed by atoms with Crippen LogP contribution in [0.25, 0.3) is 0 Å². The number of non-ortho nitro benzene ring substituents is 3. The van der Waals surface area contributed by atoms with Crippen molar-refractivity contribution in [2.24, 2.45) is 0 Å². The van der Waals surface area contributed by atoms with Gasteiger partial charge in [-0.05, 0) is 18.2 Å². The molecule has 3 N–H and O–H groups in total. The smallest absolute Gasteiger partial charge is 0.270 e. The van der Waals surface area contributed by atoms with Crippen LogP contribution in [-0.4, -0.2) is 25.0 Å². The van der Waals surface area contributed by atoms with E-state index in [0.717, 1.165) is 18.2 Å². The third-order valence-corrected chi connectivity index (χ3v) is 4.82. The van der Waals surface area contributed by atoms with Crippen LogP contribution in [0, 0.1) is 30.3 Å². The maximum atomic E-state index is 11.2. The minimum absolute atomic E-state index is 0.0152. The van der Waals surface area contributed by atoms with Crippen molar-refractivity contribution in [2.75, 3.05) is 0 Å². The van der Waals surface area contributed by atoms with E-state index >= 15 is 0 Å². The van der Waals surface area contributed by atoms with Crippen LogP contribution in [0.5, 0.6) is 17.2 Å². The van der Waals surface area contributed by atoms with Gasteiger partial charge in [-0.1, -0.05) is 0 Å². The van der Waals surface area contributed by atoms with Gasteiger partial charge < -0.3 is 20.3 Å². The van der Waals surface area contributed by atoms with Gasteiger partial charge in [0.2, 0.25) is 0 Å². The molecule has 0 bridgehead atoms. The molecule has 13 heteroatoms. The number of nitrogens with zero attached hydrogens (tertiary/aromatic N) is 3. The minimum atomic E-state index is -0.618. The number of hydrogen-bond acceptors (Lipinski definition) is 10. The monoisotopic (exact) mass is 470 g/mol. The van der Waals surface area contributed by atoms with Crippen molar-refractivity contribution in [1.82, 2.24) is 5.32 Å². The topological polar surface area (TPSA) is 191 Å². The lowest BCUT2D eigenvalue weighted by molar-refractivity contribution is -0.385. The van der Waals surface area contributed by atoms with Crippen molar-refractivity contribution >= 4 is 17.1 Å². The Morgan fingerprint density at radius 2 is 1.12 bits per heavy atom. The second-order valence-electron chi connectivity index (χ2n) is 7.08. The Labute approximate surface area is 191 Å². The summed E-state index contributed by atoms with van der Waals surface area (Å²) >= 11 is 0. The Morgan fingerprint density at radius 1 is 0.676 bits per heavy atom. The molecule has 34 heavy (non-hydrogen) atoms. The zero-order valence-electron chi connectivity index (χ0n) is 17.4. The first-order valence-electron chi connectivity index (χ1n) is 9.69. The molecule has 3 aromatic rings. The van der Waals surface area contributed by atoms with Crippen LogP contribution in [0.4, 0.5) is 17.1 Å². The summed E-state index contributed by atoms with van der Waals surface area (Å²) in [6.45, 7) is -0.203. The average Bonchev–Trinajstić information content (AvgIpc) is 2.79. The van der Waals surface area contributed by atoms with Crippen molar-refractivity contribution < 1.29 is 29.7 Å². The van der Waals surface area contributed by atoms with Crippen LogP contribution >= 0.6 is 0 Å². The first-order valence-corrected chi connectivity index (χ1v) is 9.69. The highest BCUT2D eigenvalue weighted by Gasteiger charge is 2.16. The molecule has 0 saturated carbocycles. The van der Waals surface area contributed by atoms with E-state index in [2.05, 4.69) is 5.32 Å². The van der Waals surface area contributed by atoms with Crippen molar-refractivity contribution in [3.63, 3.8) is 0 Å². The molecule has 13 nitrogen and oxygen atoms in total. The number of phenolic OH excluding ortho intramolecular Hbond substituents is 2. The van der Waals surface area contributed by atoms with E-state index in [1.165, 1.54) is 36.4 Å². The third kappa shape index (κ3) is 5.72. The molecule has 0 radical (unpaired) electrons. The molecular weight excluding hydrogens is 452 g/mol. The molecule has 0 spiro atoms. The molecule has 3 rings (SSSR count). The van der Waals surface area contributed by atoms with Gasteiger partial charge in [0.25, 0.3) is 17.1 Å². The Morgan fingerprint density at radius 3 is 1.68 bits per heavy atom. The van der Waals surface area contributed by atoms with Gasteiger partial charge in [-0.2, -0.15) is 0 Å². The number of hydrogen-bond donors (Lipinski definition) is 3. The predicted octanol–water partition coefficient (Wildman–Crippen LogP) is 3.69. The standard InChI is InChI=1S/C21H18N4O9/c26-19-4-1-16(23(28)29)7-13(19)10-22-11-14-8-18(25(32)33)3-6-21(14)34-12-15-9-17(24(30)31)2-5-20(15)27/h1-9,22,26-27H,10-12H2. The van der Waals surface area contributed by atoms with Crippen LogP contribution < -0.4 is 10.1 Å². The second kappa shape index (κ2) is 10.2. The first-order chi connectivity index (χ1) is 16.2. The van der Waals surface area contributed by atoms with Gasteiger partial charge in [-0.3, -0.25) is 30.3 Å². The van der Waals surface area contributed by atoms with Gasteiger partial charge >= 0.3 is 0 Å². The van der Waals surface area contributed by atoms with Crippen molar-refractivity contribution in [1.29, 1.82) is 0 Å². The molecular formula is C21H18N4O9. The lowest BCUT2D eigenvalue weighted by Gasteiger charge is -2.13. The largest absolute Gasteiger partial charge is 0.508 e. The van der Waals surface area contributed by atoms with Crippen LogP contribution in [0.2, 0.25) is 0 Å². The molecule has 0 fully saturated rings. The summed E-state index contributed by atoms with van der Waals surface area (Å²) in [4.78, 5) is 31.3. The second-order valence-corrected chi connectivity index (χ2v) is 7.08. The number of ether oxygens (including phenoxy) is 1. The number of nitro benzene ring substituents is 3. The molecule has 0 aliphatic heterocycles. The Balaban J connectivity index is 1.78. The molecule has 0 atom stereocenters. The minimum Gasteiger partial charge on any atom is -0.508 e. The summed E-state index contributed by atoms with van der Waals surface area (Å²) in [7, 11) is 0. The quantitative estimate of drug-likeness (QED) is 0.291. The normalized spacial score (nSPS) is 10.6. The fourth-order valence-electron chi connectivity index (χ4n) is 3.07. The van der Waals surface area contributed by atoms with E-state index in [-0.39, 0.29) is 65.1 Å². The molecule has 0 saturated heterocycles. The Bertz CT molecular complexity index is 1260. The van der Waals surface area contributed by atoms with E-state index in [1.807, 2.05) is 0 Å². The number of nitro groups is 3. The molecule has 0 heterocycles. The summed E-state index contributed by atoms with van der Waals surface area (Å²) in [6, 6.07) is 10.9. The van der Waals surface area contributed by atoms with Crippen LogP contribution in [-0.2, 0) is 19.7 Å². The van der Waals surface area contributed by atoms with Gasteiger partial charge in [-0.15, -0.1) is 0 Å². The summed E-state index contributed by atoms with van der Waals surface area (Å²) in [5, 5.41) is 55.9. The molecule has 0 aliphatic rings. The van der Waals surface area contributed by atoms with Crippen molar-refractivity contribution in [2.45, 2.75) is 19.7 Å². The highest BCUT2D eigenvalue weighted by molar-refractivity contribution is 5.46.